The van der Waals surface area contributed by atoms with E-state index in [0.717, 1.165) is 32.2 Å². The van der Waals surface area contributed by atoms with Crippen molar-refractivity contribution >= 4 is 32.2 Å². The molecule has 0 saturated carbocycles. The molecule has 4 nitrogen and oxygen atoms in total. The molecule has 0 atom stereocenters. The summed E-state index contributed by atoms with van der Waals surface area (Å²) < 4.78 is 8.78. The lowest BCUT2D eigenvalue weighted by Gasteiger charge is -2.09. The first kappa shape index (κ1) is 13.5. The maximum atomic E-state index is 6.02. The summed E-state index contributed by atoms with van der Waals surface area (Å²) in [6.45, 7) is 0. The molecule has 22 heavy (non-hydrogen) atoms. The molecule has 2 aromatic heterocycles. The number of aromatic nitrogens is 3. The summed E-state index contributed by atoms with van der Waals surface area (Å²) in [5.41, 5.74) is 3.57. The van der Waals surface area contributed by atoms with Gasteiger partial charge in [0.2, 0.25) is 4.96 Å². The third-order valence-corrected chi connectivity index (χ3v) is 4.36. The maximum Gasteiger partial charge on any atom is 0.212 e. The molecule has 2 aromatic carbocycles. The van der Waals surface area contributed by atoms with Crippen LogP contribution in [0, 0.1) is 0 Å². The molecule has 4 rings (SSSR count). The molecule has 0 unspecified atom stereocenters. The quantitative estimate of drug-likeness (QED) is 0.507. The van der Waals surface area contributed by atoms with E-state index < -0.39 is 0 Å². The number of benzene rings is 2. The minimum absolute atomic E-state index is 0.770. The van der Waals surface area contributed by atoms with Gasteiger partial charge in [-0.1, -0.05) is 45.5 Å². The van der Waals surface area contributed by atoms with Crippen molar-refractivity contribution in [3.8, 4) is 22.8 Å². The van der Waals surface area contributed by atoms with Gasteiger partial charge in [-0.3, -0.25) is 0 Å². The number of ether oxygens (including phenoxy) is 1. The molecule has 0 N–H and O–H groups in total. The number of imidazole rings is 1. The Morgan fingerprint density at radius 1 is 1.09 bits per heavy atom. The van der Waals surface area contributed by atoms with Gasteiger partial charge in [0.1, 0.15) is 17.0 Å². The number of hydrogen-bond acceptors (Lipinski definition) is 4. The van der Waals surface area contributed by atoms with Crippen LogP contribution >= 0.6 is 27.3 Å². The highest BCUT2D eigenvalue weighted by atomic mass is 79.9. The minimum atomic E-state index is 0.770. The SMILES string of the molecule is Brc1cccc(Oc2ccccc2-c2cn3ncsc3n2)c1. The molecule has 0 aliphatic rings. The second kappa shape index (κ2) is 5.55. The highest BCUT2D eigenvalue weighted by Gasteiger charge is 2.12. The molecule has 0 fully saturated rings. The summed E-state index contributed by atoms with van der Waals surface area (Å²) >= 11 is 4.96. The zero-order chi connectivity index (χ0) is 14.9. The van der Waals surface area contributed by atoms with Crippen LogP contribution < -0.4 is 4.74 Å². The second-order valence-corrected chi connectivity index (χ2v) is 6.37. The van der Waals surface area contributed by atoms with Crippen LogP contribution in [0.5, 0.6) is 11.5 Å². The summed E-state index contributed by atoms with van der Waals surface area (Å²) in [6.07, 6.45) is 1.91. The zero-order valence-electron chi connectivity index (χ0n) is 11.3. The Labute approximate surface area is 139 Å². The van der Waals surface area contributed by atoms with Crippen molar-refractivity contribution in [1.82, 2.24) is 14.6 Å². The van der Waals surface area contributed by atoms with E-state index in [4.69, 9.17) is 4.74 Å². The van der Waals surface area contributed by atoms with E-state index in [-0.39, 0.29) is 0 Å². The van der Waals surface area contributed by atoms with Gasteiger partial charge in [0.05, 0.1) is 11.9 Å². The Bertz CT molecular complexity index is 919. The van der Waals surface area contributed by atoms with E-state index in [9.17, 15) is 0 Å². The van der Waals surface area contributed by atoms with E-state index >= 15 is 0 Å². The lowest BCUT2D eigenvalue weighted by molar-refractivity contribution is 0.484. The van der Waals surface area contributed by atoms with E-state index in [0.29, 0.717) is 0 Å². The summed E-state index contributed by atoms with van der Waals surface area (Å²) in [6, 6.07) is 15.6. The molecular weight excluding hydrogens is 362 g/mol. The Morgan fingerprint density at radius 2 is 2.00 bits per heavy atom. The molecule has 0 saturated heterocycles. The molecule has 6 heteroatoms. The van der Waals surface area contributed by atoms with Gasteiger partial charge in [0.15, 0.2) is 0 Å². The van der Waals surface area contributed by atoms with Crippen molar-refractivity contribution in [1.29, 1.82) is 0 Å². The van der Waals surface area contributed by atoms with Crippen molar-refractivity contribution in [2.24, 2.45) is 0 Å². The van der Waals surface area contributed by atoms with Crippen molar-refractivity contribution in [2.75, 3.05) is 0 Å². The Hall–Kier alpha value is -2.18. The van der Waals surface area contributed by atoms with E-state index in [1.165, 1.54) is 11.3 Å². The average molecular weight is 372 g/mol. The lowest BCUT2D eigenvalue weighted by Crippen LogP contribution is -1.88. The fraction of sp³-hybridized carbons (Fsp3) is 0. The normalized spacial score (nSPS) is 11.0. The van der Waals surface area contributed by atoms with Gasteiger partial charge in [-0.15, -0.1) is 0 Å². The van der Waals surface area contributed by atoms with Crippen molar-refractivity contribution < 1.29 is 4.74 Å². The highest BCUT2D eigenvalue weighted by molar-refractivity contribution is 9.10. The molecule has 2 heterocycles. The van der Waals surface area contributed by atoms with Gasteiger partial charge >= 0.3 is 0 Å². The Morgan fingerprint density at radius 3 is 2.86 bits per heavy atom. The first-order valence-corrected chi connectivity index (χ1v) is 8.28. The first-order valence-electron chi connectivity index (χ1n) is 6.61. The van der Waals surface area contributed by atoms with E-state index in [1.807, 2.05) is 54.7 Å². The predicted octanol–water partition coefficient (Wildman–Crippen LogP) is 5.01. The van der Waals surface area contributed by atoms with Crippen molar-refractivity contribution in [2.45, 2.75) is 0 Å². The standard InChI is InChI=1S/C16H10BrN3OS/c17-11-4-3-5-12(8-11)21-15-7-2-1-6-13(15)14-9-20-16(19-14)22-10-18-20/h1-10H. The fourth-order valence-corrected chi connectivity index (χ4v) is 3.17. The number of para-hydroxylation sites is 1. The minimum Gasteiger partial charge on any atom is -0.457 e. The summed E-state index contributed by atoms with van der Waals surface area (Å²) in [5, 5.41) is 4.22. The van der Waals surface area contributed by atoms with Crippen LogP contribution in [-0.4, -0.2) is 14.6 Å². The number of hydrogen-bond donors (Lipinski definition) is 0. The molecule has 0 bridgehead atoms. The van der Waals surface area contributed by atoms with E-state index in [1.54, 1.807) is 10.0 Å². The molecule has 0 aliphatic heterocycles. The van der Waals surface area contributed by atoms with Crippen molar-refractivity contribution in [3.05, 3.63) is 64.7 Å². The van der Waals surface area contributed by atoms with Crippen LogP contribution in [-0.2, 0) is 0 Å². The predicted molar refractivity (Wildman–Crippen MR) is 90.5 cm³/mol. The zero-order valence-corrected chi connectivity index (χ0v) is 13.7. The summed E-state index contributed by atoms with van der Waals surface area (Å²) in [5.74, 6) is 1.55. The van der Waals surface area contributed by atoms with Crippen molar-refractivity contribution in [3.63, 3.8) is 0 Å². The van der Waals surface area contributed by atoms with Gasteiger partial charge in [-0.25, -0.2) is 9.50 Å². The van der Waals surface area contributed by atoms with Crippen LogP contribution in [0.15, 0.2) is 64.7 Å². The summed E-state index contributed by atoms with van der Waals surface area (Å²) in [7, 11) is 0. The molecule has 0 spiro atoms. The van der Waals surface area contributed by atoms with Crippen LogP contribution in [0.4, 0.5) is 0 Å². The second-order valence-electron chi connectivity index (χ2n) is 4.65. The molecule has 4 aromatic rings. The number of nitrogens with zero attached hydrogens (tertiary/aromatic N) is 3. The Balaban J connectivity index is 1.76. The third-order valence-electron chi connectivity index (χ3n) is 3.17. The molecule has 0 amide bonds. The first-order chi connectivity index (χ1) is 10.8. The van der Waals surface area contributed by atoms with Crippen LogP contribution in [0.1, 0.15) is 0 Å². The molecular formula is C16H10BrN3OS. The molecule has 108 valence electrons. The van der Waals surface area contributed by atoms with Gasteiger partial charge in [0.25, 0.3) is 0 Å². The average Bonchev–Trinajstić information content (AvgIpc) is 3.09. The fourth-order valence-electron chi connectivity index (χ4n) is 2.19. The van der Waals surface area contributed by atoms with Crippen LogP contribution in [0.3, 0.4) is 0 Å². The van der Waals surface area contributed by atoms with E-state index in [2.05, 4.69) is 26.0 Å². The van der Waals surface area contributed by atoms with Crippen LogP contribution in [0.25, 0.3) is 16.2 Å². The Kier molecular flexibility index (Phi) is 3.40. The summed E-state index contributed by atoms with van der Waals surface area (Å²) in [4.78, 5) is 5.46. The smallest absolute Gasteiger partial charge is 0.212 e. The largest absolute Gasteiger partial charge is 0.457 e. The highest BCUT2D eigenvalue weighted by Crippen LogP contribution is 2.33. The molecule has 0 aliphatic carbocycles. The monoisotopic (exact) mass is 371 g/mol. The molecule has 0 radical (unpaired) electrons. The van der Waals surface area contributed by atoms with Gasteiger partial charge in [-0.05, 0) is 30.3 Å². The van der Waals surface area contributed by atoms with Gasteiger partial charge in [0, 0.05) is 10.0 Å². The third kappa shape index (κ3) is 2.51. The van der Waals surface area contributed by atoms with Gasteiger partial charge < -0.3 is 4.74 Å². The number of rotatable bonds is 3. The van der Waals surface area contributed by atoms with Gasteiger partial charge in [-0.2, -0.15) is 5.10 Å². The number of fused-ring (bicyclic) bond motifs is 1. The maximum absolute atomic E-state index is 6.02. The lowest BCUT2D eigenvalue weighted by atomic mass is 10.1. The number of halogens is 1. The van der Waals surface area contributed by atoms with Crippen LogP contribution in [0.2, 0.25) is 0 Å². The topological polar surface area (TPSA) is 39.4 Å².